The lowest BCUT2D eigenvalue weighted by Gasteiger charge is -2.17. The molecular weight excluding hydrogens is 379 g/mol. The monoisotopic (exact) mass is 394 g/mol. The van der Waals surface area contributed by atoms with Gasteiger partial charge >= 0.3 is 0 Å². The van der Waals surface area contributed by atoms with Crippen molar-refractivity contribution < 1.29 is 8.60 Å². The summed E-state index contributed by atoms with van der Waals surface area (Å²) in [5.41, 5.74) is 1.50. The van der Waals surface area contributed by atoms with Crippen LogP contribution in [-0.4, -0.2) is 31.6 Å². The van der Waals surface area contributed by atoms with Crippen LogP contribution in [0, 0.1) is 5.82 Å². The highest BCUT2D eigenvalue weighted by Gasteiger charge is 2.17. The fourth-order valence-electron chi connectivity index (χ4n) is 2.36. The second kappa shape index (κ2) is 7.20. The number of halogens is 3. The smallest absolute Gasteiger partial charge is 0.139 e. The second-order valence-corrected chi connectivity index (χ2v) is 7.79. The van der Waals surface area contributed by atoms with Gasteiger partial charge < -0.3 is 4.57 Å². The van der Waals surface area contributed by atoms with Crippen LogP contribution in [0.4, 0.5) is 4.39 Å². The molecule has 0 bridgehead atoms. The van der Waals surface area contributed by atoms with E-state index < -0.39 is 10.8 Å². The molecule has 1 aromatic heterocycles. The van der Waals surface area contributed by atoms with Crippen LogP contribution in [0.1, 0.15) is 25.2 Å². The molecule has 2 aromatic rings. The zero-order valence-electron chi connectivity index (χ0n) is 11.9. The Labute approximate surface area is 139 Å². The topological polar surface area (TPSA) is 34.9 Å². The standard InChI is InChI=1S/C14H17BrClFN2OS/c1-9(4-6-21(2)20)19-13-7-10(15)11(17)8-12(13)18-14(19)3-5-16/h7-9H,3-6H2,1-2H3. The summed E-state index contributed by atoms with van der Waals surface area (Å²) in [7, 11) is -0.829. The summed E-state index contributed by atoms with van der Waals surface area (Å²) in [5.74, 6) is 1.60. The summed E-state index contributed by atoms with van der Waals surface area (Å²) in [6.07, 6.45) is 3.10. The maximum absolute atomic E-state index is 13.7. The van der Waals surface area contributed by atoms with Gasteiger partial charge in [0.25, 0.3) is 0 Å². The lowest BCUT2D eigenvalue weighted by atomic mass is 10.2. The van der Waals surface area contributed by atoms with Gasteiger partial charge in [0.15, 0.2) is 0 Å². The summed E-state index contributed by atoms with van der Waals surface area (Å²) in [6.45, 7) is 2.06. The molecule has 3 nitrogen and oxygen atoms in total. The summed E-state index contributed by atoms with van der Waals surface area (Å²) in [5, 5.41) is 0. The summed E-state index contributed by atoms with van der Waals surface area (Å²) >= 11 is 9.06. The largest absolute Gasteiger partial charge is 0.325 e. The third-order valence-electron chi connectivity index (χ3n) is 3.39. The van der Waals surface area contributed by atoms with Crippen LogP contribution >= 0.6 is 27.5 Å². The van der Waals surface area contributed by atoms with Crippen molar-refractivity contribution in [1.29, 1.82) is 0 Å². The number of imidazole rings is 1. The first kappa shape index (κ1) is 16.9. The fraction of sp³-hybridized carbons (Fsp3) is 0.500. The number of aromatic nitrogens is 2. The molecule has 2 unspecified atom stereocenters. The predicted octanol–water partition coefficient (Wildman–Crippen LogP) is 4.05. The first-order chi connectivity index (χ1) is 9.93. The number of alkyl halides is 1. The maximum atomic E-state index is 13.7. The van der Waals surface area contributed by atoms with E-state index in [0.29, 0.717) is 28.0 Å². The van der Waals surface area contributed by atoms with Crippen LogP contribution in [0.2, 0.25) is 0 Å². The zero-order chi connectivity index (χ0) is 15.6. The van der Waals surface area contributed by atoms with Crippen LogP contribution in [-0.2, 0) is 17.2 Å². The van der Waals surface area contributed by atoms with Crippen molar-refractivity contribution in [2.24, 2.45) is 0 Å². The Morgan fingerprint density at radius 1 is 1.52 bits per heavy atom. The van der Waals surface area contributed by atoms with Crippen molar-refractivity contribution in [3.8, 4) is 0 Å². The van der Waals surface area contributed by atoms with Crippen LogP contribution < -0.4 is 0 Å². The minimum atomic E-state index is -0.829. The normalized spacial score (nSPS) is 14.5. The van der Waals surface area contributed by atoms with Gasteiger partial charge in [-0.3, -0.25) is 4.21 Å². The fourth-order valence-corrected chi connectivity index (χ4v) is 3.53. The molecule has 0 saturated heterocycles. The molecule has 0 amide bonds. The van der Waals surface area contributed by atoms with Crippen molar-refractivity contribution in [1.82, 2.24) is 9.55 Å². The highest BCUT2D eigenvalue weighted by molar-refractivity contribution is 9.10. The van der Waals surface area contributed by atoms with Gasteiger partial charge in [0, 0.05) is 47.2 Å². The first-order valence-electron chi connectivity index (χ1n) is 6.66. The molecular formula is C14H17BrClFN2OS. The number of aryl methyl sites for hydroxylation is 1. The molecule has 0 fully saturated rings. The van der Waals surface area contributed by atoms with E-state index in [0.717, 1.165) is 17.8 Å². The van der Waals surface area contributed by atoms with Crippen molar-refractivity contribution >= 4 is 49.4 Å². The van der Waals surface area contributed by atoms with Gasteiger partial charge in [0.2, 0.25) is 0 Å². The number of hydrogen-bond acceptors (Lipinski definition) is 2. The molecule has 0 radical (unpaired) electrons. The van der Waals surface area contributed by atoms with E-state index in [-0.39, 0.29) is 11.9 Å². The zero-order valence-corrected chi connectivity index (χ0v) is 15.1. The third-order valence-corrected chi connectivity index (χ3v) is 4.99. The van der Waals surface area contributed by atoms with Crippen molar-refractivity contribution in [2.45, 2.75) is 25.8 Å². The quantitative estimate of drug-likeness (QED) is 0.692. The molecule has 2 atom stereocenters. The van der Waals surface area contributed by atoms with Gasteiger partial charge in [0.05, 0.1) is 15.5 Å². The Kier molecular flexibility index (Phi) is 5.80. The van der Waals surface area contributed by atoms with E-state index in [1.807, 2.05) is 0 Å². The molecule has 21 heavy (non-hydrogen) atoms. The van der Waals surface area contributed by atoms with E-state index >= 15 is 0 Å². The summed E-state index contributed by atoms with van der Waals surface area (Å²) in [6, 6.07) is 3.31. The first-order valence-corrected chi connectivity index (χ1v) is 9.71. The van der Waals surface area contributed by atoms with E-state index in [4.69, 9.17) is 11.6 Å². The average molecular weight is 396 g/mol. The third kappa shape index (κ3) is 3.85. The number of hydrogen-bond donors (Lipinski definition) is 0. The van der Waals surface area contributed by atoms with Crippen molar-refractivity contribution in [3.05, 3.63) is 28.2 Å². The SMILES string of the molecule is CC(CCS(C)=O)n1c(CCCl)nc2cc(F)c(Br)cc21. The molecule has 0 aliphatic heterocycles. The van der Waals surface area contributed by atoms with Gasteiger partial charge in [-0.1, -0.05) is 0 Å². The lowest BCUT2D eigenvalue weighted by molar-refractivity contribution is 0.525. The molecule has 1 aromatic carbocycles. The molecule has 0 aliphatic carbocycles. The Bertz CT molecular complexity index is 677. The second-order valence-electron chi connectivity index (χ2n) is 5.01. The molecule has 7 heteroatoms. The molecule has 116 valence electrons. The maximum Gasteiger partial charge on any atom is 0.139 e. The number of nitrogens with zero attached hydrogens (tertiary/aromatic N) is 2. The molecule has 2 rings (SSSR count). The lowest BCUT2D eigenvalue weighted by Crippen LogP contribution is -2.12. The molecule has 0 N–H and O–H groups in total. The van der Waals surface area contributed by atoms with Crippen LogP contribution in [0.25, 0.3) is 11.0 Å². The Morgan fingerprint density at radius 3 is 2.86 bits per heavy atom. The number of fused-ring (bicyclic) bond motifs is 1. The van der Waals surface area contributed by atoms with Crippen molar-refractivity contribution in [3.63, 3.8) is 0 Å². The minimum Gasteiger partial charge on any atom is -0.325 e. The van der Waals surface area contributed by atoms with Gasteiger partial charge in [-0.15, -0.1) is 11.6 Å². The van der Waals surface area contributed by atoms with Crippen molar-refractivity contribution in [2.75, 3.05) is 17.9 Å². The summed E-state index contributed by atoms with van der Waals surface area (Å²) in [4.78, 5) is 4.49. The Morgan fingerprint density at radius 2 is 2.24 bits per heavy atom. The van der Waals surface area contributed by atoms with E-state index in [1.54, 1.807) is 12.3 Å². The number of rotatable bonds is 6. The van der Waals surface area contributed by atoms with E-state index in [2.05, 4.69) is 32.4 Å². The molecule has 0 spiro atoms. The summed E-state index contributed by atoms with van der Waals surface area (Å²) < 4.78 is 27.5. The molecule has 0 saturated carbocycles. The van der Waals surface area contributed by atoms with E-state index in [9.17, 15) is 8.60 Å². The van der Waals surface area contributed by atoms with Gasteiger partial charge in [-0.2, -0.15) is 0 Å². The number of benzene rings is 1. The van der Waals surface area contributed by atoms with Gasteiger partial charge in [-0.25, -0.2) is 9.37 Å². The van der Waals surface area contributed by atoms with Crippen LogP contribution in [0.5, 0.6) is 0 Å². The average Bonchev–Trinajstić information content (AvgIpc) is 2.74. The predicted molar refractivity (Wildman–Crippen MR) is 90.1 cm³/mol. The van der Waals surface area contributed by atoms with E-state index in [1.165, 1.54) is 6.07 Å². The highest BCUT2D eigenvalue weighted by atomic mass is 79.9. The minimum absolute atomic E-state index is 0.134. The van der Waals surface area contributed by atoms with Crippen LogP contribution in [0.15, 0.2) is 16.6 Å². The van der Waals surface area contributed by atoms with Crippen LogP contribution in [0.3, 0.4) is 0 Å². The highest BCUT2D eigenvalue weighted by Crippen LogP contribution is 2.28. The van der Waals surface area contributed by atoms with Gasteiger partial charge in [0.1, 0.15) is 11.6 Å². The Hall–Kier alpha value is -0.460. The molecule has 1 heterocycles. The Balaban J connectivity index is 2.49. The molecule has 0 aliphatic rings. The van der Waals surface area contributed by atoms with Gasteiger partial charge in [-0.05, 0) is 35.3 Å².